The van der Waals surface area contributed by atoms with Crippen LogP contribution in [0.1, 0.15) is 41.1 Å². The Morgan fingerprint density at radius 1 is 1.17 bits per heavy atom. The number of imidazole rings is 1. The highest BCUT2D eigenvalue weighted by Crippen LogP contribution is 2.31. The third-order valence-electron chi connectivity index (χ3n) is 5.63. The second-order valence-electron chi connectivity index (χ2n) is 7.70. The van der Waals surface area contributed by atoms with E-state index in [0.29, 0.717) is 29.4 Å². The molecule has 2 aliphatic rings. The Morgan fingerprint density at radius 2 is 2.00 bits per heavy atom. The molecule has 0 aliphatic carbocycles. The van der Waals surface area contributed by atoms with Crippen LogP contribution in [0.15, 0.2) is 35.1 Å². The zero-order valence-electron chi connectivity index (χ0n) is 16.3. The van der Waals surface area contributed by atoms with Gasteiger partial charge in [-0.25, -0.2) is 14.4 Å². The topological polar surface area (TPSA) is 67.4 Å². The summed E-state index contributed by atoms with van der Waals surface area (Å²) in [4.78, 5) is 25.6. The van der Waals surface area contributed by atoms with E-state index in [9.17, 15) is 9.18 Å². The van der Waals surface area contributed by atoms with Gasteiger partial charge in [-0.3, -0.25) is 14.3 Å². The number of likely N-dealkylation sites (tertiary alicyclic amines) is 1. The molecule has 7 nitrogen and oxygen atoms in total. The Balaban J connectivity index is 1.50. The number of oxazole rings is 1. The van der Waals surface area contributed by atoms with Crippen molar-refractivity contribution in [2.75, 3.05) is 20.1 Å². The molecule has 4 heterocycles. The van der Waals surface area contributed by atoms with Gasteiger partial charge in [-0.15, -0.1) is 0 Å². The summed E-state index contributed by atoms with van der Waals surface area (Å²) in [7, 11) is 1.70. The van der Waals surface area contributed by atoms with Gasteiger partial charge in [-0.2, -0.15) is 0 Å². The van der Waals surface area contributed by atoms with Crippen molar-refractivity contribution in [2.45, 2.75) is 32.4 Å². The average Bonchev–Trinajstić information content (AvgIpc) is 3.33. The van der Waals surface area contributed by atoms with Crippen LogP contribution in [0.3, 0.4) is 0 Å². The molecule has 3 aromatic rings. The number of carbonyl (C=O) groups is 1. The summed E-state index contributed by atoms with van der Waals surface area (Å²) in [5.74, 6) is 0.582. The standard InChI is InChI=1S/C21H22FN5O2/c1-25-12-18-19(20-23-10-15(29-20)11-26-7-3-2-4-8-26)24-13-27(18)17-6-5-14(22)9-16(17)21(25)28/h5-6,9-10,13H,2-4,7-8,11-12H2,1H3. The van der Waals surface area contributed by atoms with Crippen molar-refractivity contribution in [3.05, 3.63) is 53.6 Å². The van der Waals surface area contributed by atoms with E-state index in [1.54, 1.807) is 30.5 Å². The van der Waals surface area contributed by atoms with Crippen molar-refractivity contribution in [3.63, 3.8) is 0 Å². The van der Waals surface area contributed by atoms with Crippen molar-refractivity contribution >= 4 is 5.91 Å². The molecule has 1 saturated heterocycles. The molecule has 0 unspecified atom stereocenters. The van der Waals surface area contributed by atoms with Gasteiger partial charge < -0.3 is 9.32 Å². The smallest absolute Gasteiger partial charge is 0.256 e. The maximum atomic E-state index is 13.7. The van der Waals surface area contributed by atoms with Gasteiger partial charge in [-0.1, -0.05) is 6.42 Å². The fraction of sp³-hybridized carbons (Fsp3) is 0.381. The number of nitrogens with zero attached hydrogens (tertiary/aromatic N) is 5. The van der Waals surface area contributed by atoms with Gasteiger partial charge in [0.25, 0.3) is 5.91 Å². The van der Waals surface area contributed by atoms with Crippen LogP contribution in [0, 0.1) is 5.82 Å². The fourth-order valence-corrected chi connectivity index (χ4v) is 4.13. The van der Waals surface area contributed by atoms with Crippen LogP contribution in [0.25, 0.3) is 17.3 Å². The summed E-state index contributed by atoms with van der Waals surface area (Å²) in [5, 5.41) is 0. The first kappa shape index (κ1) is 18.1. The van der Waals surface area contributed by atoms with Gasteiger partial charge in [0.1, 0.15) is 23.6 Å². The summed E-state index contributed by atoms with van der Waals surface area (Å²) < 4.78 is 21.6. The zero-order chi connectivity index (χ0) is 20.0. The highest BCUT2D eigenvalue weighted by molar-refractivity contribution is 5.98. The first-order valence-electron chi connectivity index (χ1n) is 9.89. The number of carbonyl (C=O) groups excluding carboxylic acids is 1. The fourth-order valence-electron chi connectivity index (χ4n) is 4.13. The van der Waals surface area contributed by atoms with Crippen LogP contribution in [0.5, 0.6) is 0 Å². The summed E-state index contributed by atoms with van der Waals surface area (Å²) in [6.07, 6.45) is 7.12. The van der Waals surface area contributed by atoms with Crippen LogP contribution in [0.4, 0.5) is 4.39 Å². The molecule has 2 aromatic heterocycles. The lowest BCUT2D eigenvalue weighted by molar-refractivity contribution is 0.0787. The number of amides is 1. The molecule has 150 valence electrons. The molecule has 0 radical (unpaired) electrons. The molecule has 0 spiro atoms. The Morgan fingerprint density at radius 3 is 2.83 bits per heavy atom. The molecule has 1 aromatic carbocycles. The summed E-state index contributed by atoms with van der Waals surface area (Å²) in [6, 6.07) is 4.22. The summed E-state index contributed by atoms with van der Waals surface area (Å²) in [5.41, 5.74) is 2.31. The van der Waals surface area contributed by atoms with Crippen LogP contribution >= 0.6 is 0 Å². The van der Waals surface area contributed by atoms with E-state index in [2.05, 4.69) is 14.9 Å². The highest BCUT2D eigenvalue weighted by Gasteiger charge is 2.28. The molecule has 2 aliphatic heterocycles. The second-order valence-corrected chi connectivity index (χ2v) is 7.70. The Kier molecular flexibility index (Phi) is 4.43. The molecule has 0 N–H and O–H groups in total. The maximum Gasteiger partial charge on any atom is 0.256 e. The van der Waals surface area contributed by atoms with Gasteiger partial charge in [0.15, 0.2) is 0 Å². The Labute approximate surface area is 167 Å². The third kappa shape index (κ3) is 3.23. The molecule has 1 fully saturated rings. The molecule has 29 heavy (non-hydrogen) atoms. The van der Waals surface area contributed by atoms with Gasteiger partial charge in [0, 0.05) is 7.05 Å². The molecule has 0 saturated carbocycles. The van der Waals surface area contributed by atoms with E-state index in [4.69, 9.17) is 4.42 Å². The van der Waals surface area contributed by atoms with Crippen LogP contribution in [-0.2, 0) is 13.1 Å². The van der Waals surface area contributed by atoms with Crippen molar-refractivity contribution in [2.24, 2.45) is 0 Å². The SMILES string of the molecule is CN1Cc2c(-c3ncc(CN4CCCCC4)o3)ncn2-c2ccc(F)cc2C1=O. The predicted molar refractivity (Wildman–Crippen MR) is 104 cm³/mol. The minimum Gasteiger partial charge on any atom is -0.438 e. The lowest BCUT2D eigenvalue weighted by Gasteiger charge is -2.24. The van der Waals surface area contributed by atoms with Crippen molar-refractivity contribution < 1.29 is 13.6 Å². The van der Waals surface area contributed by atoms with Gasteiger partial charge in [-0.05, 0) is 44.1 Å². The lowest BCUT2D eigenvalue weighted by atomic mass is 10.1. The number of halogens is 1. The van der Waals surface area contributed by atoms with Gasteiger partial charge >= 0.3 is 0 Å². The van der Waals surface area contributed by atoms with Crippen LogP contribution in [-0.4, -0.2) is 50.4 Å². The zero-order valence-corrected chi connectivity index (χ0v) is 16.3. The second kappa shape index (κ2) is 7.11. The molecular formula is C21H22FN5O2. The van der Waals surface area contributed by atoms with Crippen molar-refractivity contribution in [1.82, 2.24) is 24.3 Å². The third-order valence-corrected chi connectivity index (χ3v) is 5.63. The average molecular weight is 395 g/mol. The van der Waals surface area contributed by atoms with E-state index in [1.807, 2.05) is 4.57 Å². The number of piperidine rings is 1. The first-order valence-corrected chi connectivity index (χ1v) is 9.89. The van der Waals surface area contributed by atoms with E-state index >= 15 is 0 Å². The maximum absolute atomic E-state index is 13.7. The number of hydrogen-bond acceptors (Lipinski definition) is 5. The minimum atomic E-state index is -0.440. The van der Waals surface area contributed by atoms with Crippen molar-refractivity contribution in [1.29, 1.82) is 0 Å². The summed E-state index contributed by atoms with van der Waals surface area (Å²) >= 11 is 0. The number of benzene rings is 1. The largest absolute Gasteiger partial charge is 0.438 e. The van der Waals surface area contributed by atoms with E-state index in [1.165, 1.54) is 31.4 Å². The number of aromatic nitrogens is 3. The Hall–Kier alpha value is -3.00. The van der Waals surface area contributed by atoms with Gasteiger partial charge in [0.2, 0.25) is 5.89 Å². The van der Waals surface area contributed by atoms with E-state index in [0.717, 1.165) is 31.1 Å². The highest BCUT2D eigenvalue weighted by atomic mass is 19.1. The summed E-state index contributed by atoms with van der Waals surface area (Å²) in [6.45, 7) is 3.23. The molecule has 0 bridgehead atoms. The van der Waals surface area contributed by atoms with E-state index in [-0.39, 0.29) is 5.91 Å². The lowest BCUT2D eigenvalue weighted by Crippen LogP contribution is -2.28. The molecule has 5 rings (SSSR count). The van der Waals surface area contributed by atoms with Crippen LogP contribution in [0.2, 0.25) is 0 Å². The number of rotatable bonds is 3. The molecule has 8 heteroatoms. The molecule has 1 amide bonds. The van der Waals surface area contributed by atoms with Crippen molar-refractivity contribution in [3.8, 4) is 17.3 Å². The normalized spacial score (nSPS) is 17.2. The first-order chi connectivity index (χ1) is 14.1. The monoisotopic (exact) mass is 395 g/mol. The Bertz CT molecular complexity index is 1070. The number of fused-ring (bicyclic) bond motifs is 3. The molecular weight excluding hydrogens is 373 g/mol. The van der Waals surface area contributed by atoms with Gasteiger partial charge in [0.05, 0.1) is 36.2 Å². The van der Waals surface area contributed by atoms with Crippen LogP contribution < -0.4 is 0 Å². The van der Waals surface area contributed by atoms with E-state index < -0.39 is 5.82 Å². The number of hydrogen-bond donors (Lipinski definition) is 0. The minimum absolute atomic E-state index is 0.229. The predicted octanol–water partition coefficient (Wildman–Crippen LogP) is 3.24. The molecule has 0 atom stereocenters. The quantitative estimate of drug-likeness (QED) is 0.681.